The predicted octanol–water partition coefficient (Wildman–Crippen LogP) is 6.25. The van der Waals surface area contributed by atoms with E-state index < -0.39 is 0 Å². The summed E-state index contributed by atoms with van der Waals surface area (Å²) in [5.74, 6) is 1.62. The number of ether oxygens (including phenoxy) is 1. The molecular weight excluding hydrogens is 244 g/mol. The summed E-state index contributed by atoms with van der Waals surface area (Å²) in [6.07, 6.45) is 9.33. The number of unbranched alkanes of at least 4 members (excludes halogenated alkanes) is 6. The molecule has 0 N–H and O–H groups in total. The van der Waals surface area contributed by atoms with Crippen molar-refractivity contribution < 1.29 is 4.74 Å². The highest BCUT2D eigenvalue weighted by atomic mass is 16.5. The molecule has 1 nitrogen and oxygen atoms in total. The Balaban J connectivity index is 2.26. The maximum atomic E-state index is 6.01. The second-order valence-electron chi connectivity index (χ2n) is 6.17. The summed E-state index contributed by atoms with van der Waals surface area (Å²) in [6.45, 7) is 9.71. The first-order valence-electron chi connectivity index (χ1n) is 8.38. The standard InChI is InChI=1S/C19H32O/c1-5-6-7-8-9-10-11-14-20-19-15-17(4)12-13-18(19)16(2)3/h12-13,15-16H,5-11,14H2,1-4H3. The van der Waals surface area contributed by atoms with Gasteiger partial charge in [0.1, 0.15) is 5.75 Å². The van der Waals surface area contributed by atoms with E-state index in [1.165, 1.54) is 56.1 Å². The second-order valence-corrected chi connectivity index (χ2v) is 6.17. The van der Waals surface area contributed by atoms with E-state index in [0.29, 0.717) is 5.92 Å². The number of rotatable bonds is 10. The Hall–Kier alpha value is -0.980. The summed E-state index contributed by atoms with van der Waals surface area (Å²) in [5, 5.41) is 0. The Labute approximate surface area is 125 Å². The van der Waals surface area contributed by atoms with Crippen LogP contribution in [0, 0.1) is 6.92 Å². The van der Waals surface area contributed by atoms with Crippen LogP contribution in [0.15, 0.2) is 18.2 Å². The lowest BCUT2D eigenvalue weighted by atomic mass is 10.0. The van der Waals surface area contributed by atoms with E-state index in [9.17, 15) is 0 Å². The molecule has 0 aromatic heterocycles. The van der Waals surface area contributed by atoms with Crippen molar-refractivity contribution >= 4 is 0 Å². The van der Waals surface area contributed by atoms with Gasteiger partial charge in [-0.25, -0.2) is 0 Å². The zero-order chi connectivity index (χ0) is 14.8. The Kier molecular flexibility index (Phi) is 8.41. The summed E-state index contributed by atoms with van der Waals surface area (Å²) in [7, 11) is 0. The summed E-state index contributed by atoms with van der Waals surface area (Å²) < 4.78 is 6.01. The molecule has 1 aromatic carbocycles. The van der Waals surface area contributed by atoms with Crippen molar-refractivity contribution in [3.63, 3.8) is 0 Å². The highest BCUT2D eigenvalue weighted by Crippen LogP contribution is 2.27. The van der Waals surface area contributed by atoms with Crippen LogP contribution in [0.25, 0.3) is 0 Å². The molecule has 1 heteroatoms. The summed E-state index contributed by atoms with van der Waals surface area (Å²) >= 11 is 0. The largest absolute Gasteiger partial charge is 0.493 e. The van der Waals surface area contributed by atoms with Crippen molar-refractivity contribution in [2.24, 2.45) is 0 Å². The molecule has 0 bridgehead atoms. The minimum absolute atomic E-state index is 0.527. The first-order valence-corrected chi connectivity index (χ1v) is 8.38. The summed E-state index contributed by atoms with van der Waals surface area (Å²) in [6, 6.07) is 6.56. The van der Waals surface area contributed by atoms with Crippen molar-refractivity contribution in [3.05, 3.63) is 29.3 Å². The molecule has 0 amide bonds. The third kappa shape index (κ3) is 6.45. The second kappa shape index (κ2) is 9.85. The number of aryl methyl sites for hydroxylation is 1. The molecule has 0 aliphatic rings. The lowest BCUT2D eigenvalue weighted by Gasteiger charge is -2.14. The van der Waals surface area contributed by atoms with Crippen molar-refractivity contribution in [1.82, 2.24) is 0 Å². The predicted molar refractivity (Wildman–Crippen MR) is 88.8 cm³/mol. The van der Waals surface area contributed by atoms with Gasteiger partial charge >= 0.3 is 0 Å². The van der Waals surface area contributed by atoms with Crippen molar-refractivity contribution in [1.29, 1.82) is 0 Å². The normalized spacial score (nSPS) is 11.1. The topological polar surface area (TPSA) is 9.23 Å². The van der Waals surface area contributed by atoms with Gasteiger partial charge in [-0.15, -0.1) is 0 Å². The van der Waals surface area contributed by atoms with Crippen molar-refractivity contribution in [3.8, 4) is 5.75 Å². The molecule has 20 heavy (non-hydrogen) atoms. The molecular formula is C19H32O. The van der Waals surface area contributed by atoms with Gasteiger partial charge in [-0.05, 0) is 36.5 Å². The highest BCUT2D eigenvalue weighted by Gasteiger charge is 2.07. The minimum Gasteiger partial charge on any atom is -0.493 e. The first-order chi connectivity index (χ1) is 9.65. The Morgan fingerprint density at radius 1 is 0.950 bits per heavy atom. The average Bonchev–Trinajstić information content (AvgIpc) is 2.41. The molecule has 114 valence electrons. The maximum absolute atomic E-state index is 6.01. The Morgan fingerprint density at radius 3 is 2.25 bits per heavy atom. The van der Waals surface area contributed by atoms with E-state index >= 15 is 0 Å². The van der Waals surface area contributed by atoms with Crippen molar-refractivity contribution in [2.45, 2.75) is 78.6 Å². The van der Waals surface area contributed by atoms with Crippen LogP contribution in [0.2, 0.25) is 0 Å². The molecule has 0 radical (unpaired) electrons. The van der Waals surface area contributed by atoms with Crippen LogP contribution in [0.5, 0.6) is 5.75 Å². The minimum atomic E-state index is 0.527. The van der Waals surface area contributed by atoms with Crippen LogP contribution >= 0.6 is 0 Å². The molecule has 0 heterocycles. The van der Waals surface area contributed by atoms with E-state index in [1.807, 2.05) is 0 Å². The molecule has 0 spiro atoms. The van der Waals surface area contributed by atoms with E-state index in [0.717, 1.165) is 12.4 Å². The third-order valence-corrected chi connectivity index (χ3v) is 3.80. The van der Waals surface area contributed by atoms with Crippen LogP contribution in [0.4, 0.5) is 0 Å². The van der Waals surface area contributed by atoms with Crippen molar-refractivity contribution in [2.75, 3.05) is 6.61 Å². The first kappa shape index (κ1) is 17.1. The fraction of sp³-hybridized carbons (Fsp3) is 0.684. The molecule has 0 saturated carbocycles. The Morgan fingerprint density at radius 2 is 1.60 bits per heavy atom. The molecule has 0 saturated heterocycles. The van der Waals surface area contributed by atoms with Crippen LogP contribution in [0.3, 0.4) is 0 Å². The summed E-state index contributed by atoms with van der Waals surface area (Å²) in [4.78, 5) is 0. The van der Waals surface area contributed by atoms with Crippen LogP contribution in [-0.2, 0) is 0 Å². The van der Waals surface area contributed by atoms with Gasteiger partial charge in [0, 0.05) is 0 Å². The number of hydrogen-bond donors (Lipinski definition) is 0. The van der Waals surface area contributed by atoms with Gasteiger partial charge in [0.05, 0.1) is 6.61 Å². The van der Waals surface area contributed by atoms with Crippen LogP contribution in [0.1, 0.15) is 82.8 Å². The average molecular weight is 276 g/mol. The van der Waals surface area contributed by atoms with Gasteiger partial charge < -0.3 is 4.74 Å². The molecule has 0 aliphatic heterocycles. The quantitative estimate of drug-likeness (QED) is 0.459. The van der Waals surface area contributed by atoms with Gasteiger partial charge in [-0.1, -0.05) is 71.4 Å². The van der Waals surface area contributed by atoms with Gasteiger partial charge in [0.25, 0.3) is 0 Å². The number of benzene rings is 1. The van der Waals surface area contributed by atoms with E-state index in [4.69, 9.17) is 4.74 Å². The maximum Gasteiger partial charge on any atom is 0.122 e. The third-order valence-electron chi connectivity index (χ3n) is 3.80. The van der Waals surface area contributed by atoms with Gasteiger partial charge in [0.15, 0.2) is 0 Å². The molecule has 0 aliphatic carbocycles. The zero-order valence-corrected chi connectivity index (χ0v) is 13.9. The molecule has 1 rings (SSSR count). The highest BCUT2D eigenvalue weighted by molar-refractivity contribution is 5.39. The fourth-order valence-corrected chi connectivity index (χ4v) is 2.48. The monoisotopic (exact) mass is 276 g/mol. The fourth-order valence-electron chi connectivity index (χ4n) is 2.48. The molecule has 0 atom stereocenters. The zero-order valence-electron chi connectivity index (χ0n) is 13.9. The van der Waals surface area contributed by atoms with Crippen LogP contribution in [-0.4, -0.2) is 6.61 Å². The SMILES string of the molecule is CCCCCCCCCOc1cc(C)ccc1C(C)C. The van der Waals surface area contributed by atoms with Gasteiger partial charge in [0.2, 0.25) is 0 Å². The summed E-state index contributed by atoms with van der Waals surface area (Å²) in [5.41, 5.74) is 2.61. The lowest BCUT2D eigenvalue weighted by Crippen LogP contribution is -2.01. The molecule has 0 unspecified atom stereocenters. The van der Waals surface area contributed by atoms with Gasteiger partial charge in [-0.3, -0.25) is 0 Å². The smallest absolute Gasteiger partial charge is 0.122 e. The van der Waals surface area contributed by atoms with Gasteiger partial charge in [-0.2, -0.15) is 0 Å². The number of hydrogen-bond acceptors (Lipinski definition) is 1. The molecule has 0 fully saturated rings. The lowest BCUT2D eigenvalue weighted by molar-refractivity contribution is 0.300. The van der Waals surface area contributed by atoms with E-state index in [-0.39, 0.29) is 0 Å². The molecule has 1 aromatic rings. The Bertz CT molecular complexity index is 368. The van der Waals surface area contributed by atoms with E-state index in [2.05, 4.69) is 45.9 Å². The van der Waals surface area contributed by atoms with E-state index in [1.54, 1.807) is 0 Å². The van der Waals surface area contributed by atoms with Crippen LogP contribution < -0.4 is 4.74 Å².